The lowest BCUT2D eigenvalue weighted by molar-refractivity contribution is 0.186. The van der Waals surface area contributed by atoms with Crippen LogP contribution in [0.3, 0.4) is 0 Å². The normalized spacial score (nSPS) is 25.8. The fourth-order valence-electron chi connectivity index (χ4n) is 4.61. The highest BCUT2D eigenvalue weighted by atomic mass is 16.3. The van der Waals surface area contributed by atoms with Gasteiger partial charge < -0.3 is 9.83 Å². The maximum Gasteiger partial charge on any atom is 0.192 e. The van der Waals surface area contributed by atoms with E-state index in [4.69, 9.17) is 9.83 Å². The average Bonchev–Trinajstić information content (AvgIpc) is 3.28. The van der Waals surface area contributed by atoms with Gasteiger partial charge in [0.2, 0.25) is 0 Å². The molecule has 2 heterocycles. The molecule has 1 unspecified atom stereocenters. The van der Waals surface area contributed by atoms with Crippen LogP contribution < -0.4 is 0 Å². The lowest BCUT2D eigenvalue weighted by Crippen LogP contribution is -2.52. The summed E-state index contributed by atoms with van der Waals surface area (Å²) in [5, 5.41) is 38.3. The smallest absolute Gasteiger partial charge is 0.192 e. The van der Waals surface area contributed by atoms with Crippen molar-refractivity contribution in [3.8, 4) is 18.2 Å². The van der Waals surface area contributed by atoms with Gasteiger partial charge in [0.25, 0.3) is 0 Å². The third-order valence-electron chi connectivity index (χ3n) is 5.96. The van der Waals surface area contributed by atoms with Crippen molar-refractivity contribution in [2.24, 2.45) is 17.3 Å². The third kappa shape index (κ3) is 2.93. The first-order chi connectivity index (χ1) is 14.1. The van der Waals surface area contributed by atoms with Crippen molar-refractivity contribution in [1.29, 1.82) is 21.2 Å². The van der Waals surface area contributed by atoms with Crippen molar-refractivity contribution in [3.63, 3.8) is 0 Å². The van der Waals surface area contributed by atoms with E-state index in [0.717, 1.165) is 12.1 Å². The predicted molar refractivity (Wildman–Crippen MR) is 105 cm³/mol. The van der Waals surface area contributed by atoms with Gasteiger partial charge >= 0.3 is 0 Å². The van der Waals surface area contributed by atoms with Crippen molar-refractivity contribution < 1.29 is 4.42 Å². The molecule has 0 saturated heterocycles. The molecule has 1 aliphatic carbocycles. The summed E-state index contributed by atoms with van der Waals surface area (Å²) in [6.07, 6.45) is 3.51. The molecular weight excluding hydrogens is 362 g/mol. The Bertz CT molecular complexity index is 1050. The van der Waals surface area contributed by atoms with Crippen molar-refractivity contribution in [3.05, 3.63) is 71.7 Å². The standard InChI is InChI=1S/C23H19N5O/c24-11-18-17-8-9-28(12-16-5-2-1-3-6-16)13-19(17)21(20-7-4-10-29-20)23(14-25,15-26)22(18)27/h1-8,10,18-19,21,27H,9,12-13H2/t18?,19-,21-/m1/s1. The summed E-state index contributed by atoms with van der Waals surface area (Å²) >= 11 is 0. The number of fused-ring (bicyclic) bond motifs is 1. The second kappa shape index (κ2) is 7.40. The molecule has 2 aromatic rings. The van der Waals surface area contributed by atoms with Gasteiger partial charge in [0.1, 0.15) is 11.7 Å². The average molecular weight is 381 g/mol. The van der Waals surface area contributed by atoms with Crippen LogP contribution >= 0.6 is 0 Å². The Morgan fingerprint density at radius 2 is 1.86 bits per heavy atom. The van der Waals surface area contributed by atoms with Gasteiger partial charge in [-0.3, -0.25) is 4.90 Å². The molecule has 1 fully saturated rings. The zero-order valence-electron chi connectivity index (χ0n) is 15.7. The fraction of sp³-hybridized carbons (Fsp3) is 0.304. The van der Waals surface area contributed by atoms with E-state index in [9.17, 15) is 15.8 Å². The molecule has 6 heteroatoms. The van der Waals surface area contributed by atoms with Crippen LogP contribution in [0.25, 0.3) is 0 Å². The van der Waals surface area contributed by atoms with Crippen LogP contribution in [0.4, 0.5) is 0 Å². The van der Waals surface area contributed by atoms with E-state index in [0.29, 0.717) is 18.8 Å². The number of nitriles is 3. The Hall–Kier alpha value is -3.66. The van der Waals surface area contributed by atoms with Gasteiger partial charge in [-0.25, -0.2) is 0 Å². The van der Waals surface area contributed by atoms with Gasteiger partial charge in [0, 0.05) is 25.6 Å². The molecule has 1 aromatic heterocycles. The topological polar surface area (TPSA) is 112 Å². The molecule has 1 N–H and O–H groups in total. The molecule has 6 nitrogen and oxygen atoms in total. The fourth-order valence-corrected chi connectivity index (χ4v) is 4.61. The van der Waals surface area contributed by atoms with Crippen molar-refractivity contribution in [2.45, 2.75) is 12.5 Å². The second-order valence-corrected chi connectivity index (χ2v) is 7.49. The van der Waals surface area contributed by atoms with Crippen LogP contribution in [-0.2, 0) is 6.54 Å². The number of benzene rings is 1. The summed E-state index contributed by atoms with van der Waals surface area (Å²) < 4.78 is 5.62. The van der Waals surface area contributed by atoms with Crippen LogP contribution in [0.5, 0.6) is 0 Å². The number of furan rings is 1. The summed E-state index contributed by atoms with van der Waals surface area (Å²) in [7, 11) is 0. The van der Waals surface area contributed by atoms with Gasteiger partial charge in [-0.15, -0.1) is 0 Å². The van der Waals surface area contributed by atoms with E-state index in [1.54, 1.807) is 12.1 Å². The molecule has 142 valence electrons. The Morgan fingerprint density at radius 1 is 1.10 bits per heavy atom. The van der Waals surface area contributed by atoms with E-state index in [-0.39, 0.29) is 11.6 Å². The van der Waals surface area contributed by atoms with E-state index in [1.807, 2.05) is 24.3 Å². The van der Waals surface area contributed by atoms with E-state index in [1.165, 1.54) is 11.8 Å². The molecule has 2 aliphatic rings. The van der Waals surface area contributed by atoms with Gasteiger partial charge in [-0.05, 0) is 23.3 Å². The van der Waals surface area contributed by atoms with E-state index < -0.39 is 17.3 Å². The van der Waals surface area contributed by atoms with Crippen molar-refractivity contribution >= 4 is 5.71 Å². The van der Waals surface area contributed by atoms with E-state index >= 15 is 0 Å². The molecule has 0 spiro atoms. The number of nitrogens with one attached hydrogen (secondary N) is 1. The number of rotatable bonds is 3. The zero-order valence-corrected chi connectivity index (χ0v) is 15.7. The molecule has 1 aromatic carbocycles. The molecule has 3 atom stereocenters. The summed E-state index contributed by atoms with van der Waals surface area (Å²) in [5.74, 6) is -1.23. The Labute approximate surface area is 169 Å². The number of nitrogens with zero attached hydrogens (tertiary/aromatic N) is 4. The highest BCUT2D eigenvalue weighted by Gasteiger charge is 2.58. The highest BCUT2D eigenvalue weighted by molar-refractivity contribution is 6.00. The monoisotopic (exact) mass is 381 g/mol. The van der Waals surface area contributed by atoms with Crippen LogP contribution in [-0.4, -0.2) is 23.7 Å². The first kappa shape index (κ1) is 18.7. The second-order valence-electron chi connectivity index (χ2n) is 7.49. The number of hydrogen-bond donors (Lipinski definition) is 1. The first-order valence-electron chi connectivity index (χ1n) is 9.45. The molecule has 0 radical (unpaired) electrons. The summed E-state index contributed by atoms with van der Waals surface area (Å²) in [4.78, 5) is 2.24. The van der Waals surface area contributed by atoms with Gasteiger partial charge in [0.05, 0.1) is 36.1 Å². The summed E-state index contributed by atoms with van der Waals surface area (Å²) in [6.45, 7) is 1.97. The Kier molecular flexibility index (Phi) is 4.77. The zero-order chi connectivity index (χ0) is 20.4. The minimum atomic E-state index is -1.73. The lowest BCUT2D eigenvalue weighted by Gasteiger charge is -2.46. The molecule has 1 aliphatic heterocycles. The minimum absolute atomic E-state index is 0.148. The Morgan fingerprint density at radius 3 is 2.48 bits per heavy atom. The van der Waals surface area contributed by atoms with Crippen molar-refractivity contribution in [2.75, 3.05) is 13.1 Å². The maximum atomic E-state index is 9.99. The first-order valence-corrected chi connectivity index (χ1v) is 9.45. The number of hydrogen-bond acceptors (Lipinski definition) is 6. The quantitative estimate of drug-likeness (QED) is 0.816. The van der Waals surface area contributed by atoms with Crippen LogP contribution in [0.15, 0.2) is 64.8 Å². The molecule has 29 heavy (non-hydrogen) atoms. The molecule has 1 saturated carbocycles. The molecular formula is C23H19N5O. The molecule has 4 rings (SSSR count). The van der Waals surface area contributed by atoms with Gasteiger partial charge in [-0.1, -0.05) is 36.4 Å². The van der Waals surface area contributed by atoms with Gasteiger partial charge in [-0.2, -0.15) is 15.8 Å². The largest absolute Gasteiger partial charge is 0.469 e. The highest BCUT2D eigenvalue weighted by Crippen LogP contribution is 2.53. The van der Waals surface area contributed by atoms with Crippen LogP contribution in [0.2, 0.25) is 0 Å². The van der Waals surface area contributed by atoms with E-state index in [2.05, 4.69) is 35.2 Å². The molecule has 0 bridgehead atoms. The Balaban J connectivity index is 1.78. The van der Waals surface area contributed by atoms with Crippen molar-refractivity contribution in [1.82, 2.24) is 4.90 Å². The van der Waals surface area contributed by atoms with Gasteiger partial charge in [0.15, 0.2) is 5.41 Å². The SMILES string of the molecule is N#CC1C(=N)C(C#N)(C#N)[C@@H](c2ccco2)[C@@H]2CN(Cc3ccccc3)CC=C12. The van der Waals surface area contributed by atoms with Crippen LogP contribution in [0, 0.1) is 56.7 Å². The predicted octanol–water partition coefficient (Wildman–Crippen LogP) is 3.63. The molecule has 0 amide bonds. The third-order valence-corrected chi connectivity index (χ3v) is 5.96. The lowest BCUT2D eigenvalue weighted by atomic mass is 9.55. The maximum absolute atomic E-state index is 9.99. The summed E-state index contributed by atoms with van der Waals surface area (Å²) in [6, 6.07) is 19.9. The minimum Gasteiger partial charge on any atom is -0.469 e. The summed E-state index contributed by atoms with van der Waals surface area (Å²) in [5.41, 5.74) is 0.122. The van der Waals surface area contributed by atoms with Crippen LogP contribution in [0.1, 0.15) is 17.2 Å².